The molecule has 0 fully saturated rings. The van der Waals surface area contributed by atoms with Gasteiger partial charge in [-0.3, -0.25) is 10.1 Å². The minimum absolute atomic E-state index is 0.588. The Morgan fingerprint density at radius 3 is 2.60 bits per heavy atom. The van der Waals surface area contributed by atoms with Crippen molar-refractivity contribution in [2.45, 2.75) is 0 Å². The van der Waals surface area contributed by atoms with Crippen LogP contribution >= 0.6 is 0 Å². The average Bonchev–Trinajstić information content (AvgIpc) is 2.16. The number of rotatable bonds is 3. The summed E-state index contributed by atoms with van der Waals surface area (Å²) >= 11 is 0. The minimum atomic E-state index is -1.50. The molecule has 0 heterocycles. The molecule has 0 aliphatic heterocycles. The van der Waals surface area contributed by atoms with Crippen molar-refractivity contribution >= 4 is 17.2 Å². The predicted molar refractivity (Wildman–Crippen MR) is 49.7 cm³/mol. The van der Waals surface area contributed by atoms with E-state index in [9.17, 15) is 19.3 Å². The topological polar surface area (TPSA) is 80.4 Å². The van der Waals surface area contributed by atoms with Crippen molar-refractivity contribution < 1.29 is 19.2 Å². The maximum absolute atomic E-state index is 13.2. The molecule has 0 atom stereocenters. The van der Waals surface area contributed by atoms with Gasteiger partial charge in [0, 0.05) is 6.07 Å². The summed E-state index contributed by atoms with van der Waals surface area (Å²) in [5.74, 6) is -2.47. The average molecular weight is 211 g/mol. The van der Waals surface area contributed by atoms with Crippen LogP contribution in [0.3, 0.4) is 0 Å². The molecule has 15 heavy (non-hydrogen) atoms. The van der Waals surface area contributed by atoms with Gasteiger partial charge < -0.3 is 5.11 Å². The van der Waals surface area contributed by atoms with Gasteiger partial charge >= 0.3 is 5.97 Å². The number of aliphatic carboxylic acids is 1. The first-order valence-corrected chi connectivity index (χ1v) is 3.80. The molecule has 0 radical (unpaired) electrons. The molecule has 1 N–H and O–H groups in total. The zero-order valence-corrected chi connectivity index (χ0v) is 7.44. The summed E-state index contributed by atoms with van der Waals surface area (Å²) in [4.78, 5) is 20.2. The summed E-state index contributed by atoms with van der Waals surface area (Å²) in [5, 5.41) is 19.1. The van der Waals surface area contributed by atoms with E-state index >= 15 is 0 Å². The molecular weight excluding hydrogens is 205 g/mol. The van der Waals surface area contributed by atoms with Crippen LogP contribution < -0.4 is 0 Å². The van der Waals surface area contributed by atoms with Gasteiger partial charge in [-0.1, -0.05) is 12.6 Å². The Bertz CT molecular complexity index is 455. The van der Waals surface area contributed by atoms with Crippen LogP contribution in [0.2, 0.25) is 0 Å². The fourth-order valence-electron chi connectivity index (χ4n) is 1.07. The highest BCUT2D eigenvalue weighted by Crippen LogP contribution is 2.27. The van der Waals surface area contributed by atoms with E-state index < -0.39 is 33.5 Å². The van der Waals surface area contributed by atoms with Crippen molar-refractivity contribution in [1.29, 1.82) is 0 Å². The summed E-state index contributed by atoms with van der Waals surface area (Å²) in [6.45, 7) is 3.08. The highest BCUT2D eigenvalue weighted by Gasteiger charge is 2.23. The molecular formula is C9H6FNO4. The van der Waals surface area contributed by atoms with Crippen molar-refractivity contribution in [2.24, 2.45) is 0 Å². The van der Waals surface area contributed by atoms with Crippen molar-refractivity contribution in [3.8, 4) is 0 Å². The van der Waals surface area contributed by atoms with Gasteiger partial charge in [0.15, 0.2) is 0 Å². The molecule has 1 rings (SSSR count). The molecule has 0 aliphatic rings. The largest absolute Gasteiger partial charge is 0.478 e. The number of carbonyl (C=O) groups is 1. The number of nitro groups is 1. The summed E-state index contributed by atoms with van der Waals surface area (Å²) in [7, 11) is 0. The van der Waals surface area contributed by atoms with Gasteiger partial charge in [-0.05, 0) is 6.07 Å². The molecule has 1 aromatic rings. The van der Waals surface area contributed by atoms with Crippen LogP contribution in [-0.4, -0.2) is 16.0 Å². The fraction of sp³-hybridized carbons (Fsp3) is 0. The molecule has 5 nitrogen and oxygen atoms in total. The number of carboxylic acid groups (broad SMARTS) is 1. The van der Waals surface area contributed by atoms with E-state index in [1.807, 2.05) is 0 Å². The normalized spacial score (nSPS) is 9.67. The Labute approximate surface area is 83.6 Å². The third-order valence-corrected chi connectivity index (χ3v) is 1.75. The lowest BCUT2D eigenvalue weighted by molar-refractivity contribution is -0.385. The van der Waals surface area contributed by atoms with Crippen LogP contribution in [0.25, 0.3) is 5.57 Å². The van der Waals surface area contributed by atoms with Gasteiger partial charge in [0.25, 0.3) is 5.69 Å². The quantitative estimate of drug-likeness (QED) is 0.469. The summed E-state index contributed by atoms with van der Waals surface area (Å²) in [6, 6.07) is 3.09. The van der Waals surface area contributed by atoms with Crippen LogP contribution in [0.4, 0.5) is 10.1 Å². The van der Waals surface area contributed by atoms with Gasteiger partial charge in [-0.15, -0.1) is 0 Å². The van der Waals surface area contributed by atoms with Gasteiger partial charge in [-0.25, -0.2) is 9.18 Å². The highest BCUT2D eigenvalue weighted by molar-refractivity contribution is 6.15. The third kappa shape index (κ3) is 1.98. The van der Waals surface area contributed by atoms with E-state index in [1.54, 1.807) is 0 Å². The first-order chi connectivity index (χ1) is 6.95. The molecule has 1 aromatic carbocycles. The van der Waals surface area contributed by atoms with Gasteiger partial charge in [0.05, 0.1) is 10.5 Å². The van der Waals surface area contributed by atoms with E-state index in [-0.39, 0.29) is 0 Å². The zero-order valence-electron chi connectivity index (χ0n) is 7.44. The molecule has 0 saturated carbocycles. The molecule has 0 aromatic heterocycles. The molecule has 0 amide bonds. The predicted octanol–water partition coefficient (Wildman–Crippen LogP) is 1.83. The second-order valence-electron chi connectivity index (χ2n) is 2.67. The Hall–Kier alpha value is -2.24. The zero-order chi connectivity index (χ0) is 11.6. The van der Waals surface area contributed by atoms with E-state index in [2.05, 4.69) is 6.58 Å². The fourth-order valence-corrected chi connectivity index (χ4v) is 1.07. The Kier molecular flexibility index (Phi) is 2.80. The van der Waals surface area contributed by atoms with Gasteiger partial charge in [-0.2, -0.15) is 0 Å². The Morgan fingerprint density at radius 2 is 2.13 bits per heavy atom. The van der Waals surface area contributed by atoms with Crippen LogP contribution in [0.15, 0.2) is 24.8 Å². The summed E-state index contributed by atoms with van der Waals surface area (Å²) in [6.07, 6.45) is 0. The number of hydrogen-bond donors (Lipinski definition) is 1. The number of nitrogens with zero attached hydrogens (tertiary/aromatic N) is 1. The van der Waals surface area contributed by atoms with Crippen molar-refractivity contribution in [3.63, 3.8) is 0 Å². The molecule has 0 saturated heterocycles. The van der Waals surface area contributed by atoms with Crippen molar-refractivity contribution in [2.75, 3.05) is 0 Å². The number of carboxylic acids is 1. The van der Waals surface area contributed by atoms with Gasteiger partial charge in [0.2, 0.25) is 0 Å². The van der Waals surface area contributed by atoms with Crippen molar-refractivity contribution in [3.05, 3.63) is 46.3 Å². The van der Waals surface area contributed by atoms with Gasteiger partial charge in [0.1, 0.15) is 11.4 Å². The SMILES string of the molecule is C=C(C(=O)O)c1c(F)cccc1[N+](=O)[O-]. The van der Waals surface area contributed by atoms with E-state index in [0.29, 0.717) is 0 Å². The lowest BCUT2D eigenvalue weighted by Gasteiger charge is -2.03. The number of halogens is 1. The standard InChI is InChI=1S/C9H6FNO4/c1-5(9(12)13)8-6(10)3-2-4-7(8)11(14)15/h2-4H,1H2,(H,12,13). The molecule has 0 bridgehead atoms. The van der Waals surface area contributed by atoms with Crippen molar-refractivity contribution in [1.82, 2.24) is 0 Å². The number of hydrogen-bond acceptors (Lipinski definition) is 3. The van der Waals surface area contributed by atoms with Crippen LogP contribution in [0.1, 0.15) is 5.56 Å². The molecule has 0 aliphatic carbocycles. The Balaban J connectivity index is 3.44. The van der Waals surface area contributed by atoms with E-state index in [4.69, 9.17) is 5.11 Å². The Morgan fingerprint density at radius 1 is 1.53 bits per heavy atom. The minimum Gasteiger partial charge on any atom is -0.478 e. The van der Waals surface area contributed by atoms with Crippen LogP contribution in [0, 0.1) is 15.9 Å². The smallest absolute Gasteiger partial charge is 0.336 e. The molecule has 6 heteroatoms. The maximum atomic E-state index is 13.2. The first-order valence-electron chi connectivity index (χ1n) is 3.80. The second kappa shape index (κ2) is 3.87. The van der Waals surface area contributed by atoms with E-state index in [0.717, 1.165) is 18.2 Å². The number of benzene rings is 1. The van der Waals surface area contributed by atoms with Crippen LogP contribution in [-0.2, 0) is 4.79 Å². The van der Waals surface area contributed by atoms with Crippen LogP contribution in [0.5, 0.6) is 0 Å². The molecule has 0 spiro atoms. The monoisotopic (exact) mass is 211 g/mol. The van der Waals surface area contributed by atoms with E-state index in [1.165, 1.54) is 0 Å². The maximum Gasteiger partial charge on any atom is 0.336 e. The first kappa shape index (κ1) is 10.8. The molecule has 0 unspecified atom stereocenters. The highest BCUT2D eigenvalue weighted by atomic mass is 19.1. The third-order valence-electron chi connectivity index (χ3n) is 1.75. The number of nitro benzene ring substituents is 1. The lowest BCUT2D eigenvalue weighted by Crippen LogP contribution is -2.04. The second-order valence-corrected chi connectivity index (χ2v) is 2.67. The summed E-state index contributed by atoms with van der Waals surface area (Å²) < 4.78 is 13.2. The lowest BCUT2D eigenvalue weighted by atomic mass is 10.1. The molecule has 78 valence electrons. The summed E-state index contributed by atoms with van der Waals surface area (Å²) in [5.41, 5.74) is -1.84.